The number of hydrogen-bond acceptors (Lipinski definition) is 7. The Kier molecular flexibility index (Phi) is 3.12. The lowest BCUT2D eigenvalue weighted by atomic mass is 10.1. The molecule has 2 N–H and O–H groups in total. The van der Waals surface area contributed by atoms with Gasteiger partial charge in [0.15, 0.2) is 22.5 Å². The Morgan fingerprint density at radius 1 is 1.16 bits per heavy atom. The fourth-order valence-electron chi connectivity index (χ4n) is 1.83. The topological polar surface area (TPSA) is 83.2 Å². The average Bonchev–Trinajstić information content (AvgIpc) is 2.46. The summed E-state index contributed by atoms with van der Waals surface area (Å²) in [4.78, 5) is 12.6. The van der Waals surface area contributed by atoms with Crippen LogP contribution < -0.4 is 15.2 Å². The Hall–Kier alpha value is -2.02. The summed E-state index contributed by atoms with van der Waals surface area (Å²) in [6.07, 6.45) is 1.89. The van der Waals surface area contributed by atoms with Crippen molar-refractivity contribution >= 4 is 17.7 Å². The molecule has 0 aliphatic carbocycles. The van der Waals surface area contributed by atoms with Crippen LogP contribution in [-0.4, -0.2) is 34.4 Å². The van der Waals surface area contributed by atoms with E-state index in [1.54, 1.807) is 0 Å². The quantitative estimate of drug-likeness (QED) is 0.834. The minimum absolute atomic E-state index is 0.198. The van der Waals surface area contributed by atoms with Gasteiger partial charge >= 0.3 is 0 Å². The Bertz CT molecular complexity index is 621. The van der Waals surface area contributed by atoms with Crippen molar-refractivity contribution in [3.8, 4) is 22.9 Å². The van der Waals surface area contributed by atoms with Crippen LogP contribution in [-0.2, 0) is 0 Å². The monoisotopic (exact) mass is 276 g/mol. The van der Waals surface area contributed by atoms with E-state index in [0.717, 1.165) is 5.56 Å². The molecule has 0 spiro atoms. The van der Waals surface area contributed by atoms with E-state index in [4.69, 9.17) is 15.2 Å². The molecule has 19 heavy (non-hydrogen) atoms. The molecule has 0 fully saturated rings. The van der Waals surface area contributed by atoms with E-state index in [1.165, 1.54) is 11.8 Å². The Labute approximate surface area is 114 Å². The van der Waals surface area contributed by atoms with Crippen molar-refractivity contribution in [3.63, 3.8) is 0 Å². The molecule has 6 nitrogen and oxygen atoms in total. The molecule has 0 saturated carbocycles. The predicted octanol–water partition coefficient (Wildman–Crippen LogP) is 1.61. The number of nitrogen functional groups attached to an aromatic ring is 1. The van der Waals surface area contributed by atoms with Crippen LogP contribution in [0.1, 0.15) is 0 Å². The first-order valence-corrected chi connectivity index (χ1v) is 6.95. The maximum absolute atomic E-state index is 5.70. The molecule has 2 heterocycles. The van der Waals surface area contributed by atoms with Crippen LogP contribution in [0.5, 0.6) is 11.5 Å². The highest BCUT2D eigenvalue weighted by atomic mass is 32.2. The molecule has 0 saturated heterocycles. The minimum Gasteiger partial charge on any atom is -0.486 e. The van der Waals surface area contributed by atoms with Crippen LogP contribution >= 0.6 is 11.8 Å². The van der Waals surface area contributed by atoms with Gasteiger partial charge in [-0.2, -0.15) is 9.97 Å². The smallest absolute Gasteiger partial charge is 0.224 e. The molecular weight excluding hydrogens is 264 g/mol. The van der Waals surface area contributed by atoms with Crippen LogP contribution in [0.25, 0.3) is 11.4 Å². The summed E-state index contributed by atoms with van der Waals surface area (Å²) in [5.74, 6) is 2.06. The molecule has 98 valence electrons. The zero-order valence-corrected chi connectivity index (χ0v) is 11.1. The van der Waals surface area contributed by atoms with Gasteiger partial charge < -0.3 is 15.2 Å². The van der Waals surface area contributed by atoms with E-state index in [9.17, 15) is 0 Å². The van der Waals surface area contributed by atoms with Gasteiger partial charge in [-0.25, -0.2) is 4.98 Å². The number of nitrogens with zero attached hydrogens (tertiary/aromatic N) is 3. The van der Waals surface area contributed by atoms with Crippen LogP contribution in [0.15, 0.2) is 23.4 Å². The highest BCUT2D eigenvalue weighted by Crippen LogP contribution is 2.38. The summed E-state index contributed by atoms with van der Waals surface area (Å²) >= 11 is 1.41. The number of para-hydroxylation sites is 1. The van der Waals surface area contributed by atoms with Crippen molar-refractivity contribution in [1.29, 1.82) is 0 Å². The van der Waals surface area contributed by atoms with E-state index in [0.29, 0.717) is 35.7 Å². The lowest BCUT2D eigenvalue weighted by Crippen LogP contribution is -2.16. The number of aromatic nitrogens is 3. The molecule has 0 unspecified atom stereocenters. The molecule has 1 aromatic carbocycles. The third kappa shape index (κ3) is 2.28. The SMILES string of the molecule is CSc1nc(N)nc(-c2cccc3c2OCCO3)n1. The molecule has 7 heteroatoms. The maximum atomic E-state index is 5.70. The third-order valence-corrected chi connectivity index (χ3v) is 3.17. The number of rotatable bonds is 2. The van der Waals surface area contributed by atoms with Gasteiger partial charge in [0.2, 0.25) is 5.95 Å². The number of hydrogen-bond donors (Lipinski definition) is 1. The van der Waals surface area contributed by atoms with E-state index in [-0.39, 0.29) is 5.95 Å². The number of nitrogens with two attached hydrogens (primary N) is 1. The molecular formula is C12H12N4O2S. The normalized spacial score (nSPS) is 13.3. The zero-order chi connectivity index (χ0) is 13.2. The summed E-state index contributed by atoms with van der Waals surface area (Å²) in [7, 11) is 0. The first kappa shape index (κ1) is 12.0. The fourth-order valence-corrected chi connectivity index (χ4v) is 2.20. The number of benzene rings is 1. The predicted molar refractivity (Wildman–Crippen MR) is 72.4 cm³/mol. The molecule has 1 aromatic heterocycles. The fraction of sp³-hybridized carbons (Fsp3) is 0.250. The molecule has 0 bridgehead atoms. The molecule has 2 aromatic rings. The summed E-state index contributed by atoms with van der Waals surface area (Å²) in [6, 6.07) is 5.62. The van der Waals surface area contributed by atoms with Gasteiger partial charge in [0.1, 0.15) is 13.2 Å². The third-order valence-electron chi connectivity index (χ3n) is 2.62. The molecule has 1 aliphatic heterocycles. The van der Waals surface area contributed by atoms with Crippen molar-refractivity contribution < 1.29 is 9.47 Å². The van der Waals surface area contributed by atoms with Crippen LogP contribution in [0, 0.1) is 0 Å². The summed E-state index contributed by atoms with van der Waals surface area (Å²) in [5, 5.41) is 0.580. The minimum atomic E-state index is 0.198. The van der Waals surface area contributed by atoms with E-state index in [2.05, 4.69) is 15.0 Å². The maximum Gasteiger partial charge on any atom is 0.224 e. The second-order valence-corrected chi connectivity index (χ2v) is 4.61. The molecule has 1 aliphatic rings. The van der Waals surface area contributed by atoms with Crippen molar-refractivity contribution in [2.45, 2.75) is 5.16 Å². The number of fused-ring (bicyclic) bond motifs is 1. The lowest BCUT2D eigenvalue weighted by molar-refractivity contribution is 0.172. The second-order valence-electron chi connectivity index (χ2n) is 3.83. The number of ether oxygens (including phenoxy) is 2. The number of anilines is 1. The van der Waals surface area contributed by atoms with Gasteiger partial charge in [-0.3, -0.25) is 0 Å². The van der Waals surface area contributed by atoms with Crippen molar-refractivity contribution in [1.82, 2.24) is 15.0 Å². The Balaban J connectivity index is 2.14. The van der Waals surface area contributed by atoms with Gasteiger partial charge in [-0.1, -0.05) is 17.8 Å². The first-order valence-electron chi connectivity index (χ1n) is 5.72. The van der Waals surface area contributed by atoms with Crippen molar-refractivity contribution in [2.75, 3.05) is 25.2 Å². The summed E-state index contributed by atoms with van der Waals surface area (Å²) < 4.78 is 11.2. The van der Waals surface area contributed by atoms with Crippen LogP contribution in [0.2, 0.25) is 0 Å². The Morgan fingerprint density at radius 3 is 2.84 bits per heavy atom. The zero-order valence-electron chi connectivity index (χ0n) is 10.3. The molecule has 0 amide bonds. The van der Waals surface area contributed by atoms with E-state index in [1.807, 2.05) is 24.5 Å². The van der Waals surface area contributed by atoms with E-state index >= 15 is 0 Å². The molecule has 3 rings (SSSR count). The average molecular weight is 276 g/mol. The van der Waals surface area contributed by atoms with Crippen LogP contribution in [0.4, 0.5) is 5.95 Å². The van der Waals surface area contributed by atoms with Gasteiger partial charge in [0, 0.05) is 0 Å². The van der Waals surface area contributed by atoms with Gasteiger partial charge in [0.25, 0.3) is 0 Å². The molecule has 0 radical (unpaired) electrons. The van der Waals surface area contributed by atoms with Gasteiger partial charge in [-0.15, -0.1) is 0 Å². The lowest BCUT2D eigenvalue weighted by Gasteiger charge is -2.20. The van der Waals surface area contributed by atoms with Crippen molar-refractivity contribution in [2.24, 2.45) is 0 Å². The van der Waals surface area contributed by atoms with Crippen molar-refractivity contribution in [3.05, 3.63) is 18.2 Å². The standard InChI is InChI=1S/C12H12N4O2S/c1-19-12-15-10(14-11(13)16-12)7-3-2-4-8-9(7)18-6-5-17-8/h2-4H,5-6H2,1H3,(H2,13,14,15,16). The van der Waals surface area contributed by atoms with E-state index < -0.39 is 0 Å². The van der Waals surface area contributed by atoms with Crippen LogP contribution in [0.3, 0.4) is 0 Å². The first-order chi connectivity index (χ1) is 9.28. The Morgan fingerprint density at radius 2 is 2.00 bits per heavy atom. The highest BCUT2D eigenvalue weighted by molar-refractivity contribution is 7.98. The number of thioether (sulfide) groups is 1. The second kappa shape index (κ2) is 4.93. The molecule has 0 atom stereocenters. The summed E-state index contributed by atoms with van der Waals surface area (Å²) in [5.41, 5.74) is 6.47. The summed E-state index contributed by atoms with van der Waals surface area (Å²) in [6.45, 7) is 1.06. The van der Waals surface area contributed by atoms with Gasteiger partial charge in [-0.05, 0) is 18.4 Å². The largest absolute Gasteiger partial charge is 0.486 e. The van der Waals surface area contributed by atoms with Gasteiger partial charge in [0.05, 0.1) is 5.56 Å². The highest BCUT2D eigenvalue weighted by Gasteiger charge is 2.19.